The molecule has 2 aliphatic heterocycles. The zero-order chi connectivity index (χ0) is 18.8. The van der Waals surface area contributed by atoms with Crippen molar-refractivity contribution in [1.29, 1.82) is 0 Å². The molecule has 0 amide bonds. The van der Waals surface area contributed by atoms with Gasteiger partial charge in [0.1, 0.15) is 12.4 Å². The third-order valence-electron chi connectivity index (χ3n) is 6.04. The second kappa shape index (κ2) is 7.71. The predicted octanol–water partition coefficient (Wildman–Crippen LogP) is 4.02. The molecule has 0 fully saturated rings. The van der Waals surface area contributed by atoms with Crippen LogP contribution in [0.3, 0.4) is 0 Å². The van der Waals surface area contributed by atoms with E-state index in [1.807, 2.05) is 6.08 Å². The van der Waals surface area contributed by atoms with Gasteiger partial charge in [0.25, 0.3) is 0 Å². The topological polar surface area (TPSA) is 18.5 Å². The second-order valence-corrected chi connectivity index (χ2v) is 7.78. The van der Waals surface area contributed by atoms with Gasteiger partial charge in [-0.2, -0.15) is 0 Å². The van der Waals surface area contributed by atoms with Crippen LogP contribution in [0.2, 0.25) is 0 Å². The largest absolute Gasteiger partial charge is 0.497 e. The minimum Gasteiger partial charge on any atom is -0.497 e. The normalized spacial score (nSPS) is 18.4. The van der Waals surface area contributed by atoms with Crippen LogP contribution in [0, 0.1) is 10.4 Å². The number of ether oxygens (including phenoxy) is 2. The molecule has 4 aliphatic rings. The van der Waals surface area contributed by atoms with Gasteiger partial charge in [-0.3, -0.25) is 0 Å². The maximum atomic E-state index is 5.39. The zero-order valence-electron chi connectivity index (χ0n) is 16.2. The summed E-state index contributed by atoms with van der Waals surface area (Å²) in [6.45, 7) is 1.59. The molecule has 2 aromatic carbocycles. The van der Waals surface area contributed by atoms with Gasteiger partial charge in [-0.15, -0.1) is 0 Å². The fraction of sp³-hybridized carbons (Fsp3) is 0.308. The molecule has 2 aromatic rings. The molecule has 6 rings (SSSR count). The Morgan fingerprint density at radius 3 is 2.71 bits per heavy atom. The molecule has 0 saturated carbocycles. The molecule has 0 aromatic heterocycles. The Balaban J connectivity index is 0.000000145. The first-order valence-electron chi connectivity index (χ1n) is 10.4. The van der Waals surface area contributed by atoms with Crippen LogP contribution in [0.25, 0.3) is 12.2 Å². The third-order valence-corrected chi connectivity index (χ3v) is 6.04. The van der Waals surface area contributed by atoms with Gasteiger partial charge < -0.3 is 9.47 Å². The van der Waals surface area contributed by atoms with E-state index in [2.05, 4.69) is 48.6 Å². The van der Waals surface area contributed by atoms with Gasteiger partial charge in [-0.25, -0.2) is 0 Å². The molecule has 0 unspecified atom stereocenters. The van der Waals surface area contributed by atoms with Gasteiger partial charge in [0.15, 0.2) is 0 Å². The highest BCUT2D eigenvalue weighted by Gasteiger charge is 2.14. The van der Waals surface area contributed by atoms with Crippen molar-refractivity contribution in [1.82, 2.24) is 0 Å². The molecule has 0 spiro atoms. The van der Waals surface area contributed by atoms with E-state index in [4.69, 9.17) is 9.47 Å². The van der Waals surface area contributed by atoms with Gasteiger partial charge in [-0.05, 0) is 70.5 Å². The molecule has 0 N–H and O–H groups in total. The number of allylic oxidation sites excluding steroid dienone is 1. The van der Waals surface area contributed by atoms with Crippen molar-refractivity contribution < 1.29 is 9.47 Å². The Bertz CT molecular complexity index is 1170. The number of hydrogen-bond donors (Lipinski definition) is 0. The highest BCUT2D eigenvalue weighted by Crippen LogP contribution is 2.23. The van der Waals surface area contributed by atoms with Crippen LogP contribution >= 0.6 is 0 Å². The molecular weight excluding hydrogens is 344 g/mol. The maximum absolute atomic E-state index is 5.39. The van der Waals surface area contributed by atoms with Crippen molar-refractivity contribution >= 4 is 12.2 Å². The SMILES string of the molecule is C1=CC2=C(CCCO2)CO1.C1=c2ccc3c(c2CCC1)CC=c1ccccc1=3. The van der Waals surface area contributed by atoms with Crippen molar-refractivity contribution in [2.45, 2.75) is 38.5 Å². The van der Waals surface area contributed by atoms with Gasteiger partial charge >= 0.3 is 0 Å². The minimum atomic E-state index is 0.728. The highest BCUT2D eigenvalue weighted by atomic mass is 16.5. The quantitative estimate of drug-likeness (QED) is 0.697. The molecule has 28 heavy (non-hydrogen) atoms. The number of rotatable bonds is 0. The molecule has 2 aliphatic carbocycles. The average Bonchev–Trinajstić information content (AvgIpc) is 2.79. The van der Waals surface area contributed by atoms with E-state index in [1.165, 1.54) is 45.7 Å². The van der Waals surface area contributed by atoms with E-state index < -0.39 is 0 Å². The predicted molar refractivity (Wildman–Crippen MR) is 113 cm³/mol. The molecule has 2 nitrogen and oxygen atoms in total. The first-order chi connectivity index (χ1) is 13.9. The van der Waals surface area contributed by atoms with E-state index in [0.29, 0.717) is 0 Å². The van der Waals surface area contributed by atoms with Crippen LogP contribution < -0.4 is 10.4 Å². The molecule has 2 heteroatoms. The van der Waals surface area contributed by atoms with Crippen molar-refractivity contribution in [3.05, 3.63) is 92.1 Å². The van der Waals surface area contributed by atoms with Gasteiger partial charge in [0.2, 0.25) is 0 Å². The minimum absolute atomic E-state index is 0.728. The summed E-state index contributed by atoms with van der Waals surface area (Å²) in [4.78, 5) is 0. The van der Waals surface area contributed by atoms with Crippen LogP contribution in [-0.4, -0.2) is 13.2 Å². The monoisotopic (exact) mass is 370 g/mol. The maximum Gasteiger partial charge on any atom is 0.124 e. The van der Waals surface area contributed by atoms with Gasteiger partial charge in [0.05, 0.1) is 12.9 Å². The summed E-state index contributed by atoms with van der Waals surface area (Å²) in [5, 5.41) is 5.74. The molecule has 2 heterocycles. The molecule has 0 saturated heterocycles. The van der Waals surface area contributed by atoms with Crippen LogP contribution in [0.5, 0.6) is 0 Å². The lowest BCUT2D eigenvalue weighted by atomic mass is 9.89. The molecule has 0 atom stereocenters. The molecule has 0 bridgehead atoms. The Morgan fingerprint density at radius 2 is 1.75 bits per heavy atom. The van der Waals surface area contributed by atoms with Crippen LogP contribution in [0.15, 0.2) is 60.1 Å². The molecule has 0 radical (unpaired) electrons. The summed E-state index contributed by atoms with van der Waals surface area (Å²) in [5.74, 6) is 1.04. The lowest BCUT2D eigenvalue weighted by molar-refractivity contribution is 0.170. The second-order valence-electron chi connectivity index (χ2n) is 7.78. The smallest absolute Gasteiger partial charge is 0.124 e. The Hall–Kier alpha value is -2.74. The summed E-state index contributed by atoms with van der Waals surface area (Å²) < 4.78 is 10.5. The number of hydrogen-bond acceptors (Lipinski definition) is 2. The van der Waals surface area contributed by atoms with E-state index in [0.717, 1.165) is 38.2 Å². The zero-order valence-corrected chi connectivity index (χ0v) is 16.2. The van der Waals surface area contributed by atoms with E-state index in [1.54, 1.807) is 17.4 Å². The van der Waals surface area contributed by atoms with Crippen molar-refractivity contribution in [2.24, 2.45) is 0 Å². The van der Waals surface area contributed by atoms with E-state index in [9.17, 15) is 0 Å². The first-order valence-corrected chi connectivity index (χ1v) is 10.4. The average molecular weight is 370 g/mol. The fourth-order valence-corrected chi connectivity index (χ4v) is 4.61. The van der Waals surface area contributed by atoms with Crippen LogP contribution in [0.4, 0.5) is 0 Å². The number of fused-ring (bicyclic) bond motifs is 4. The number of benzene rings is 2. The Kier molecular flexibility index (Phi) is 4.78. The summed E-state index contributed by atoms with van der Waals surface area (Å²) >= 11 is 0. The summed E-state index contributed by atoms with van der Waals surface area (Å²) in [6, 6.07) is 13.4. The van der Waals surface area contributed by atoms with Crippen molar-refractivity contribution in [3.8, 4) is 0 Å². The Labute approximate surface area is 165 Å². The summed E-state index contributed by atoms with van der Waals surface area (Å²) in [7, 11) is 0. The first kappa shape index (κ1) is 17.4. The highest BCUT2D eigenvalue weighted by molar-refractivity contribution is 5.47. The van der Waals surface area contributed by atoms with E-state index in [-0.39, 0.29) is 0 Å². The van der Waals surface area contributed by atoms with Crippen LogP contribution in [-0.2, 0) is 22.3 Å². The summed E-state index contributed by atoms with van der Waals surface area (Å²) in [6.07, 6.45) is 15.6. The van der Waals surface area contributed by atoms with Gasteiger partial charge in [0, 0.05) is 11.6 Å². The van der Waals surface area contributed by atoms with Crippen LogP contribution in [0.1, 0.15) is 36.8 Å². The molecular formula is C26H26O2. The molecule has 142 valence electrons. The van der Waals surface area contributed by atoms with Crippen molar-refractivity contribution in [2.75, 3.05) is 13.2 Å². The summed E-state index contributed by atoms with van der Waals surface area (Å²) in [5.41, 5.74) is 4.49. The Morgan fingerprint density at radius 1 is 0.786 bits per heavy atom. The third kappa shape index (κ3) is 3.28. The van der Waals surface area contributed by atoms with E-state index >= 15 is 0 Å². The lowest BCUT2D eigenvalue weighted by Gasteiger charge is -2.21. The van der Waals surface area contributed by atoms with Gasteiger partial charge in [-0.1, -0.05) is 48.6 Å². The standard InChI is InChI=1S/C18H16.C8H10O2/c1-3-7-15-13(5-1)9-11-18-16-8-4-2-6-14(16)10-12-17(15)18;1-2-7-6-9-5-3-8(7)10-4-1/h1,3,5-7,9-10,12H,2,4,8,11H2;3,5H,1-2,4,6H2. The van der Waals surface area contributed by atoms with Crippen molar-refractivity contribution in [3.63, 3.8) is 0 Å². The lowest BCUT2D eigenvalue weighted by Crippen LogP contribution is -2.19. The fourth-order valence-electron chi connectivity index (χ4n) is 4.61.